The third-order valence-electron chi connectivity index (χ3n) is 4.89. The molecule has 1 amide bonds. The van der Waals surface area contributed by atoms with Crippen LogP contribution in [0.15, 0.2) is 53.9 Å². The Morgan fingerprint density at radius 1 is 1.14 bits per heavy atom. The number of ether oxygens (including phenoxy) is 2. The van der Waals surface area contributed by atoms with E-state index in [1.807, 2.05) is 51.9 Å². The molecule has 0 fully saturated rings. The molecule has 0 spiro atoms. The number of carbonyl (C=O) groups excluding carboxylic acids is 1. The topological polar surface area (TPSA) is 69.5 Å². The first-order valence-corrected chi connectivity index (χ1v) is 10.3. The molecule has 29 heavy (non-hydrogen) atoms. The molecular weight excluding hydrogens is 388 g/mol. The number of rotatable bonds is 6. The maximum absolute atomic E-state index is 13.0. The van der Waals surface area contributed by atoms with Crippen LogP contribution in [0, 0.1) is 0 Å². The van der Waals surface area contributed by atoms with E-state index in [-0.39, 0.29) is 11.7 Å². The predicted molar refractivity (Wildman–Crippen MR) is 112 cm³/mol. The van der Waals surface area contributed by atoms with Crippen molar-refractivity contribution in [1.29, 1.82) is 0 Å². The van der Waals surface area contributed by atoms with Crippen LogP contribution in [0.3, 0.4) is 0 Å². The first kappa shape index (κ1) is 19.3. The first-order chi connectivity index (χ1) is 14.2. The van der Waals surface area contributed by atoms with Gasteiger partial charge in [-0.3, -0.25) is 9.36 Å². The highest BCUT2D eigenvalue weighted by atomic mass is 32.2. The Morgan fingerprint density at radius 2 is 2.00 bits per heavy atom. The molecule has 150 valence electrons. The third kappa shape index (κ3) is 3.93. The second-order valence-electron chi connectivity index (χ2n) is 6.59. The molecule has 0 radical (unpaired) electrons. The van der Waals surface area contributed by atoms with Crippen LogP contribution in [0.25, 0.3) is 5.69 Å². The number of aryl methyl sites for hydroxylation is 1. The molecule has 3 aromatic rings. The lowest BCUT2D eigenvalue weighted by Crippen LogP contribution is -2.36. The van der Waals surface area contributed by atoms with Gasteiger partial charge in [-0.1, -0.05) is 23.9 Å². The van der Waals surface area contributed by atoms with E-state index >= 15 is 0 Å². The van der Waals surface area contributed by atoms with Gasteiger partial charge < -0.3 is 14.4 Å². The van der Waals surface area contributed by atoms with Crippen molar-refractivity contribution in [3.8, 4) is 17.2 Å². The van der Waals surface area contributed by atoms with E-state index in [9.17, 15) is 4.79 Å². The summed E-state index contributed by atoms with van der Waals surface area (Å²) in [6.45, 7) is 0.720. The van der Waals surface area contributed by atoms with Crippen LogP contribution in [0.5, 0.6) is 11.5 Å². The van der Waals surface area contributed by atoms with Gasteiger partial charge >= 0.3 is 0 Å². The third-order valence-corrected chi connectivity index (χ3v) is 5.82. The molecule has 7 nitrogen and oxygen atoms in total. The van der Waals surface area contributed by atoms with Gasteiger partial charge in [0.2, 0.25) is 5.91 Å². The Labute approximate surface area is 173 Å². The number of fused-ring (bicyclic) bond motifs is 1. The summed E-state index contributed by atoms with van der Waals surface area (Å²) in [6, 6.07) is 13.5. The normalized spacial score (nSPS) is 13.1. The molecule has 4 rings (SSSR count). The van der Waals surface area contributed by atoms with Crippen molar-refractivity contribution in [2.45, 2.75) is 18.0 Å². The van der Waals surface area contributed by atoms with E-state index < -0.39 is 0 Å². The van der Waals surface area contributed by atoms with Crippen molar-refractivity contribution in [3.05, 3.63) is 54.4 Å². The molecule has 2 heterocycles. The lowest BCUT2D eigenvalue weighted by atomic mass is 10.0. The maximum Gasteiger partial charge on any atom is 0.237 e. The van der Waals surface area contributed by atoms with Crippen molar-refractivity contribution < 1.29 is 14.3 Å². The molecule has 0 atom stereocenters. The molecule has 2 aromatic carbocycles. The molecular formula is C21H22N4O3S. The van der Waals surface area contributed by atoms with Crippen molar-refractivity contribution in [3.63, 3.8) is 0 Å². The SMILES string of the molecule is COc1ccc2c(c1)CCCN2C(=O)CSc1nncn1-c1ccccc1OC. The number of hydrogen-bond donors (Lipinski definition) is 0. The standard InChI is InChI=1S/C21H22N4O3S/c1-27-16-9-10-17-15(12-16)6-5-11-24(17)20(26)13-29-21-23-22-14-25(21)18-7-3-4-8-19(18)28-2/h3-4,7-10,12,14H,5-6,11,13H2,1-2H3. The van der Waals surface area contributed by atoms with Gasteiger partial charge in [0.1, 0.15) is 17.8 Å². The Morgan fingerprint density at radius 3 is 2.83 bits per heavy atom. The highest BCUT2D eigenvalue weighted by molar-refractivity contribution is 7.99. The van der Waals surface area contributed by atoms with Gasteiger partial charge in [-0.25, -0.2) is 0 Å². The largest absolute Gasteiger partial charge is 0.497 e. The first-order valence-electron chi connectivity index (χ1n) is 9.34. The molecule has 0 aliphatic carbocycles. The van der Waals surface area contributed by atoms with Gasteiger partial charge in [0, 0.05) is 12.2 Å². The number of nitrogens with zero attached hydrogens (tertiary/aromatic N) is 4. The Kier molecular flexibility index (Phi) is 5.71. The molecule has 8 heteroatoms. The van der Waals surface area contributed by atoms with E-state index in [1.54, 1.807) is 20.5 Å². The summed E-state index contributed by atoms with van der Waals surface area (Å²) in [7, 11) is 3.28. The molecule has 0 saturated carbocycles. The summed E-state index contributed by atoms with van der Waals surface area (Å²) in [4.78, 5) is 14.8. The van der Waals surface area contributed by atoms with Gasteiger partial charge in [-0.05, 0) is 48.7 Å². The van der Waals surface area contributed by atoms with Crippen LogP contribution in [-0.4, -0.2) is 47.2 Å². The fourth-order valence-corrected chi connectivity index (χ4v) is 4.28. The van der Waals surface area contributed by atoms with Crippen LogP contribution in [0.1, 0.15) is 12.0 Å². The van der Waals surface area contributed by atoms with Crippen LogP contribution in [0.2, 0.25) is 0 Å². The molecule has 0 bridgehead atoms. The summed E-state index contributed by atoms with van der Waals surface area (Å²) < 4.78 is 12.6. The monoisotopic (exact) mass is 410 g/mol. The number of thioether (sulfide) groups is 1. The summed E-state index contributed by atoms with van der Waals surface area (Å²) >= 11 is 1.37. The van der Waals surface area contributed by atoms with Crippen LogP contribution >= 0.6 is 11.8 Å². The van der Waals surface area contributed by atoms with E-state index in [1.165, 1.54) is 11.8 Å². The zero-order chi connectivity index (χ0) is 20.2. The minimum Gasteiger partial charge on any atom is -0.497 e. The van der Waals surface area contributed by atoms with Crippen LogP contribution in [0.4, 0.5) is 5.69 Å². The predicted octanol–water partition coefficient (Wildman–Crippen LogP) is 3.36. The highest BCUT2D eigenvalue weighted by Gasteiger charge is 2.23. The summed E-state index contributed by atoms with van der Waals surface area (Å²) in [5.41, 5.74) is 2.95. The number of aromatic nitrogens is 3. The average Bonchev–Trinajstić information content (AvgIpc) is 3.25. The number of amides is 1. The van der Waals surface area contributed by atoms with Crippen molar-refractivity contribution in [1.82, 2.24) is 14.8 Å². The van der Waals surface area contributed by atoms with Crippen molar-refractivity contribution in [2.75, 3.05) is 31.4 Å². The minimum absolute atomic E-state index is 0.0516. The fourth-order valence-electron chi connectivity index (χ4n) is 3.48. The summed E-state index contributed by atoms with van der Waals surface area (Å²) in [5, 5.41) is 8.85. The van der Waals surface area contributed by atoms with Crippen molar-refractivity contribution >= 4 is 23.4 Å². The zero-order valence-corrected chi connectivity index (χ0v) is 17.2. The number of para-hydroxylation sites is 2. The van der Waals surface area contributed by atoms with Gasteiger partial charge in [0.25, 0.3) is 0 Å². The zero-order valence-electron chi connectivity index (χ0n) is 16.4. The number of methoxy groups -OCH3 is 2. The molecule has 0 unspecified atom stereocenters. The lowest BCUT2D eigenvalue weighted by Gasteiger charge is -2.29. The minimum atomic E-state index is 0.0516. The number of hydrogen-bond acceptors (Lipinski definition) is 6. The number of anilines is 1. The van der Waals surface area contributed by atoms with Crippen LogP contribution in [-0.2, 0) is 11.2 Å². The number of carbonyl (C=O) groups is 1. The summed E-state index contributed by atoms with van der Waals surface area (Å²) in [6.07, 6.45) is 3.52. The van der Waals surface area contributed by atoms with E-state index in [4.69, 9.17) is 9.47 Å². The van der Waals surface area contributed by atoms with Crippen LogP contribution < -0.4 is 14.4 Å². The maximum atomic E-state index is 13.0. The summed E-state index contributed by atoms with van der Waals surface area (Å²) in [5.74, 6) is 1.87. The molecule has 1 aliphatic rings. The lowest BCUT2D eigenvalue weighted by molar-refractivity contribution is -0.116. The van der Waals surface area contributed by atoms with E-state index in [2.05, 4.69) is 10.2 Å². The molecule has 1 aromatic heterocycles. The fraction of sp³-hybridized carbons (Fsp3) is 0.286. The van der Waals surface area contributed by atoms with Gasteiger partial charge in [0.15, 0.2) is 5.16 Å². The Bertz CT molecular complexity index is 1020. The van der Waals surface area contributed by atoms with E-state index in [0.29, 0.717) is 5.16 Å². The second kappa shape index (κ2) is 8.57. The van der Waals surface area contributed by atoms with E-state index in [0.717, 1.165) is 47.8 Å². The quantitative estimate of drug-likeness (QED) is 0.581. The number of benzene rings is 2. The van der Waals surface area contributed by atoms with Crippen molar-refractivity contribution in [2.24, 2.45) is 0 Å². The van der Waals surface area contributed by atoms with Gasteiger partial charge in [-0.2, -0.15) is 0 Å². The van der Waals surface area contributed by atoms with Gasteiger partial charge in [0.05, 0.1) is 25.7 Å². The Balaban J connectivity index is 1.50. The van der Waals surface area contributed by atoms with Gasteiger partial charge in [-0.15, -0.1) is 10.2 Å². The smallest absolute Gasteiger partial charge is 0.237 e. The average molecular weight is 410 g/mol. The second-order valence-corrected chi connectivity index (χ2v) is 7.53. The molecule has 1 aliphatic heterocycles. The highest BCUT2D eigenvalue weighted by Crippen LogP contribution is 2.32. The molecule has 0 saturated heterocycles. The molecule has 0 N–H and O–H groups in total. The Hall–Kier alpha value is -3.00.